The first kappa shape index (κ1) is 21.1. The minimum absolute atomic E-state index is 0.0224. The highest BCUT2D eigenvalue weighted by Gasteiger charge is 2.21. The van der Waals surface area contributed by atoms with Gasteiger partial charge in [-0.25, -0.2) is 0 Å². The Bertz CT molecular complexity index is 736. The van der Waals surface area contributed by atoms with E-state index in [2.05, 4.69) is 34.5 Å². The molecule has 0 spiro atoms. The summed E-state index contributed by atoms with van der Waals surface area (Å²) in [6.45, 7) is 4.35. The lowest BCUT2D eigenvalue weighted by Crippen LogP contribution is -2.39. The molecule has 1 aliphatic rings. The average molecular weight is 399 g/mol. The molecule has 0 saturated carbocycles. The van der Waals surface area contributed by atoms with Crippen molar-refractivity contribution in [2.75, 3.05) is 46.5 Å². The van der Waals surface area contributed by atoms with Crippen LogP contribution in [0, 0.1) is 0 Å². The molecular formula is C23H30N2O4. The molecular weight excluding hydrogens is 368 g/mol. The summed E-state index contributed by atoms with van der Waals surface area (Å²) in [5.74, 6) is 1.31. The molecule has 3 rings (SSSR count). The van der Waals surface area contributed by atoms with Gasteiger partial charge in [0.05, 0.1) is 19.8 Å². The second-order valence-corrected chi connectivity index (χ2v) is 7.09. The van der Waals surface area contributed by atoms with E-state index >= 15 is 0 Å². The molecule has 1 amide bonds. The molecule has 1 atom stereocenters. The number of carbonyl (C=O) groups is 1. The number of methoxy groups -OCH3 is 1. The van der Waals surface area contributed by atoms with Gasteiger partial charge in [0.15, 0.2) is 6.61 Å². The lowest BCUT2D eigenvalue weighted by molar-refractivity contribution is -0.123. The molecule has 1 saturated heterocycles. The summed E-state index contributed by atoms with van der Waals surface area (Å²) in [6.07, 6.45) is 2.14. The topological polar surface area (TPSA) is 60.0 Å². The number of hydrogen-bond donors (Lipinski definition) is 1. The van der Waals surface area contributed by atoms with Gasteiger partial charge in [-0.3, -0.25) is 9.69 Å². The van der Waals surface area contributed by atoms with Crippen LogP contribution in [0.15, 0.2) is 54.6 Å². The molecule has 2 aromatic carbocycles. The van der Waals surface area contributed by atoms with Crippen LogP contribution in [-0.4, -0.2) is 57.3 Å². The fourth-order valence-corrected chi connectivity index (χ4v) is 3.34. The second-order valence-electron chi connectivity index (χ2n) is 7.09. The van der Waals surface area contributed by atoms with Crippen molar-refractivity contribution in [3.8, 4) is 11.5 Å². The lowest BCUT2D eigenvalue weighted by atomic mass is 10.1. The van der Waals surface area contributed by atoms with Gasteiger partial charge in [0.1, 0.15) is 11.5 Å². The van der Waals surface area contributed by atoms with E-state index in [9.17, 15) is 4.79 Å². The van der Waals surface area contributed by atoms with E-state index in [4.69, 9.17) is 14.2 Å². The minimum atomic E-state index is -0.101. The molecule has 1 unspecified atom stereocenters. The minimum Gasteiger partial charge on any atom is -0.497 e. The number of nitrogens with one attached hydrogen (secondary N) is 1. The summed E-state index contributed by atoms with van der Waals surface area (Å²) >= 11 is 0. The third-order valence-corrected chi connectivity index (χ3v) is 4.97. The second kappa shape index (κ2) is 11.4. The first-order valence-electron chi connectivity index (χ1n) is 10.2. The molecule has 0 aromatic heterocycles. The van der Waals surface area contributed by atoms with Crippen LogP contribution in [0.4, 0.5) is 0 Å². The molecule has 0 aliphatic carbocycles. The average Bonchev–Trinajstić information content (AvgIpc) is 2.78. The molecule has 1 N–H and O–H groups in total. The number of benzene rings is 2. The number of amides is 1. The number of unbranched alkanes of at least 4 members (excludes halogenated alkanes) is 1. The van der Waals surface area contributed by atoms with Crippen molar-refractivity contribution in [3.05, 3.63) is 60.2 Å². The molecule has 2 aromatic rings. The smallest absolute Gasteiger partial charge is 0.257 e. The molecule has 1 aliphatic heterocycles. The molecule has 156 valence electrons. The van der Waals surface area contributed by atoms with Crippen LogP contribution < -0.4 is 14.8 Å². The van der Waals surface area contributed by atoms with Gasteiger partial charge in [0.2, 0.25) is 0 Å². The summed E-state index contributed by atoms with van der Waals surface area (Å²) < 4.78 is 16.5. The maximum Gasteiger partial charge on any atom is 0.257 e. The fourth-order valence-electron chi connectivity index (χ4n) is 3.34. The third kappa shape index (κ3) is 7.07. The highest BCUT2D eigenvalue weighted by molar-refractivity contribution is 5.77. The van der Waals surface area contributed by atoms with Crippen LogP contribution in [0.5, 0.6) is 11.5 Å². The van der Waals surface area contributed by atoms with E-state index in [0.717, 1.165) is 44.8 Å². The predicted molar refractivity (Wildman–Crippen MR) is 112 cm³/mol. The molecule has 6 nitrogen and oxygen atoms in total. The Morgan fingerprint density at radius 3 is 2.62 bits per heavy atom. The zero-order valence-electron chi connectivity index (χ0n) is 17.0. The van der Waals surface area contributed by atoms with Crippen LogP contribution in [0.3, 0.4) is 0 Å². The van der Waals surface area contributed by atoms with Gasteiger partial charge in [0.25, 0.3) is 5.91 Å². The Balaban J connectivity index is 1.27. The van der Waals surface area contributed by atoms with Crippen LogP contribution in [0.1, 0.15) is 24.5 Å². The van der Waals surface area contributed by atoms with Crippen LogP contribution in [0.2, 0.25) is 0 Å². The number of nitrogens with zero attached hydrogens (tertiary/aromatic N) is 1. The standard InChI is InChI=1S/C23H30N2O4/c1-27-20-9-11-21(12-10-20)29-18-23(26)24-13-5-6-14-25-15-16-28-22(17-25)19-7-3-2-4-8-19/h2-4,7-12,22H,5-6,13-18H2,1H3,(H,24,26). The monoisotopic (exact) mass is 398 g/mol. The van der Waals surface area contributed by atoms with Crippen molar-refractivity contribution in [1.29, 1.82) is 0 Å². The number of hydrogen-bond acceptors (Lipinski definition) is 5. The van der Waals surface area contributed by atoms with Crippen molar-refractivity contribution in [2.45, 2.75) is 18.9 Å². The predicted octanol–water partition coefficient (Wildman–Crippen LogP) is 3.04. The maximum absolute atomic E-state index is 11.9. The Kier molecular flexibility index (Phi) is 8.34. The Morgan fingerprint density at radius 1 is 1.10 bits per heavy atom. The molecule has 29 heavy (non-hydrogen) atoms. The van der Waals surface area contributed by atoms with E-state index in [1.165, 1.54) is 5.56 Å². The van der Waals surface area contributed by atoms with Gasteiger partial charge in [-0.2, -0.15) is 0 Å². The molecule has 0 bridgehead atoms. The van der Waals surface area contributed by atoms with Crippen molar-refractivity contribution in [3.63, 3.8) is 0 Å². The number of rotatable bonds is 10. The highest BCUT2D eigenvalue weighted by Crippen LogP contribution is 2.22. The van der Waals surface area contributed by atoms with Gasteiger partial charge in [-0.05, 0) is 49.2 Å². The third-order valence-electron chi connectivity index (χ3n) is 4.97. The van der Waals surface area contributed by atoms with E-state index < -0.39 is 0 Å². The first-order valence-corrected chi connectivity index (χ1v) is 10.2. The summed E-state index contributed by atoms with van der Waals surface area (Å²) in [4.78, 5) is 14.4. The molecule has 1 fully saturated rings. The highest BCUT2D eigenvalue weighted by atomic mass is 16.5. The van der Waals surface area contributed by atoms with Gasteiger partial charge < -0.3 is 19.5 Å². The van der Waals surface area contributed by atoms with Gasteiger partial charge in [0, 0.05) is 19.6 Å². The van der Waals surface area contributed by atoms with Gasteiger partial charge in [-0.15, -0.1) is 0 Å². The summed E-state index contributed by atoms with van der Waals surface area (Å²) in [5, 5.41) is 2.92. The van der Waals surface area contributed by atoms with Crippen LogP contribution in [0.25, 0.3) is 0 Å². The van der Waals surface area contributed by atoms with Crippen LogP contribution >= 0.6 is 0 Å². The SMILES string of the molecule is COc1ccc(OCC(=O)NCCCCN2CCOC(c3ccccc3)C2)cc1. The quantitative estimate of drug-likeness (QED) is 0.624. The largest absolute Gasteiger partial charge is 0.497 e. The van der Waals surface area contributed by atoms with E-state index in [1.807, 2.05) is 6.07 Å². The normalized spacial score (nSPS) is 16.9. The van der Waals surface area contributed by atoms with Crippen molar-refractivity contribution in [1.82, 2.24) is 10.2 Å². The van der Waals surface area contributed by atoms with E-state index in [1.54, 1.807) is 31.4 Å². The summed E-state index contributed by atoms with van der Waals surface area (Å²) in [6, 6.07) is 17.6. The molecule has 6 heteroatoms. The van der Waals surface area contributed by atoms with Crippen molar-refractivity contribution in [2.24, 2.45) is 0 Å². The first-order chi connectivity index (χ1) is 14.2. The summed E-state index contributed by atoms with van der Waals surface area (Å²) in [5.41, 5.74) is 1.24. The van der Waals surface area contributed by atoms with E-state index in [-0.39, 0.29) is 18.6 Å². The van der Waals surface area contributed by atoms with Crippen LogP contribution in [-0.2, 0) is 9.53 Å². The van der Waals surface area contributed by atoms with Gasteiger partial charge >= 0.3 is 0 Å². The summed E-state index contributed by atoms with van der Waals surface area (Å²) in [7, 11) is 1.62. The molecule has 1 heterocycles. The Morgan fingerprint density at radius 2 is 1.86 bits per heavy atom. The fraction of sp³-hybridized carbons (Fsp3) is 0.435. The van der Waals surface area contributed by atoms with Gasteiger partial charge in [-0.1, -0.05) is 30.3 Å². The van der Waals surface area contributed by atoms with E-state index in [0.29, 0.717) is 12.3 Å². The number of carbonyl (C=O) groups excluding carboxylic acids is 1. The number of morpholine rings is 1. The molecule has 0 radical (unpaired) electrons. The lowest BCUT2D eigenvalue weighted by Gasteiger charge is -2.33. The van der Waals surface area contributed by atoms with Crippen molar-refractivity contribution >= 4 is 5.91 Å². The number of ether oxygens (including phenoxy) is 3. The Hall–Kier alpha value is -2.57. The Labute approximate surface area is 172 Å². The maximum atomic E-state index is 11.9. The zero-order valence-corrected chi connectivity index (χ0v) is 17.0. The van der Waals surface area contributed by atoms with Crippen molar-refractivity contribution < 1.29 is 19.0 Å². The zero-order chi connectivity index (χ0) is 20.3.